The fourth-order valence-corrected chi connectivity index (χ4v) is 3.64. The number of aryl methyl sites for hydroxylation is 1. The van der Waals surface area contributed by atoms with Crippen LogP contribution in [0.1, 0.15) is 5.82 Å². The van der Waals surface area contributed by atoms with Gasteiger partial charge in [0.1, 0.15) is 22.7 Å². The molecule has 0 unspecified atom stereocenters. The highest BCUT2D eigenvalue weighted by Gasteiger charge is 2.17. The van der Waals surface area contributed by atoms with Crippen molar-refractivity contribution in [1.82, 2.24) is 39.7 Å². The zero-order valence-electron chi connectivity index (χ0n) is 16.2. The molecule has 6 aromatic heterocycles. The van der Waals surface area contributed by atoms with Crippen molar-refractivity contribution in [2.24, 2.45) is 7.05 Å². The Balaban J connectivity index is 1.53. The molecule has 0 amide bonds. The monoisotopic (exact) mass is 396 g/mol. The predicted octanol–water partition coefficient (Wildman–Crippen LogP) is 3.87. The molecule has 6 aromatic rings. The summed E-state index contributed by atoms with van der Waals surface area (Å²) in [6, 6.07) is 5.77. The number of hydrogen-bond donors (Lipinski definition) is 2. The highest BCUT2D eigenvalue weighted by Crippen LogP contribution is 2.31. The lowest BCUT2D eigenvalue weighted by molar-refractivity contribution is 0.568. The maximum atomic E-state index is 5.21. The second kappa shape index (κ2) is 6.11. The van der Waals surface area contributed by atoms with Gasteiger partial charge in [0, 0.05) is 24.2 Å². The average molecular weight is 396 g/mol. The summed E-state index contributed by atoms with van der Waals surface area (Å²) in [4.78, 5) is 21.6. The molecule has 0 saturated heterocycles. The molecule has 9 nitrogen and oxygen atoms in total. The number of rotatable bonds is 3. The Kier molecular flexibility index (Phi) is 3.40. The van der Waals surface area contributed by atoms with Crippen LogP contribution in [0.25, 0.3) is 56.1 Å². The zero-order valence-corrected chi connectivity index (χ0v) is 16.2. The number of pyridine rings is 2. The summed E-state index contributed by atoms with van der Waals surface area (Å²) in [6.45, 7) is 1.96. The van der Waals surface area contributed by atoms with E-state index in [1.165, 1.54) is 0 Å². The summed E-state index contributed by atoms with van der Waals surface area (Å²) in [6.07, 6.45) is 8.65. The lowest BCUT2D eigenvalue weighted by Gasteiger charge is -2.03. The predicted molar refractivity (Wildman–Crippen MR) is 111 cm³/mol. The van der Waals surface area contributed by atoms with Crippen LogP contribution in [0.5, 0.6) is 0 Å². The van der Waals surface area contributed by atoms with E-state index < -0.39 is 0 Å². The molecule has 0 aliphatic rings. The van der Waals surface area contributed by atoms with Crippen molar-refractivity contribution in [1.29, 1.82) is 0 Å². The fourth-order valence-electron chi connectivity index (χ4n) is 3.64. The highest BCUT2D eigenvalue weighted by atomic mass is 16.3. The van der Waals surface area contributed by atoms with Gasteiger partial charge in [0.05, 0.1) is 47.3 Å². The quantitative estimate of drug-likeness (QED) is 0.469. The van der Waals surface area contributed by atoms with Crippen LogP contribution in [0.4, 0.5) is 0 Å². The first-order chi connectivity index (χ1) is 14.7. The molecule has 6 rings (SSSR count). The van der Waals surface area contributed by atoms with Gasteiger partial charge in [-0.3, -0.25) is 15.1 Å². The van der Waals surface area contributed by atoms with Gasteiger partial charge in [-0.05, 0) is 25.1 Å². The first-order valence-corrected chi connectivity index (χ1v) is 9.39. The third-order valence-electron chi connectivity index (χ3n) is 5.35. The Bertz CT molecular complexity index is 1520. The van der Waals surface area contributed by atoms with Gasteiger partial charge in [-0.15, -0.1) is 0 Å². The van der Waals surface area contributed by atoms with E-state index in [1.54, 1.807) is 24.9 Å². The molecule has 0 fully saturated rings. The second-order valence-electron chi connectivity index (χ2n) is 7.09. The number of nitrogens with zero attached hydrogens (tertiary/aromatic N) is 6. The van der Waals surface area contributed by atoms with Gasteiger partial charge in [0.2, 0.25) is 0 Å². The van der Waals surface area contributed by atoms with E-state index in [4.69, 9.17) is 9.40 Å². The molecule has 0 aliphatic heterocycles. The van der Waals surface area contributed by atoms with Gasteiger partial charge in [-0.1, -0.05) is 0 Å². The van der Waals surface area contributed by atoms with Crippen molar-refractivity contribution in [3.63, 3.8) is 0 Å². The summed E-state index contributed by atoms with van der Waals surface area (Å²) in [7, 11) is 1.98. The minimum atomic E-state index is 0.660. The Morgan fingerprint density at radius 3 is 2.77 bits per heavy atom. The van der Waals surface area contributed by atoms with Gasteiger partial charge < -0.3 is 14.0 Å². The van der Waals surface area contributed by atoms with Crippen LogP contribution in [-0.2, 0) is 7.05 Å². The summed E-state index contributed by atoms with van der Waals surface area (Å²) in [5, 5.41) is 8.47. The Morgan fingerprint density at radius 1 is 1.03 bits per heavy atom. The molecule has 146 valence electrons. The Morgan fingerprint density at radius 2 is 1.97 bits per heavy atom. The van der Waals surface area contributed by atoms with Gasteiger partial charge >= 0.3 is 0 Å². The third-order valence-corrected chi connectivity index (χ3v) is 5.35. The minimum absolute atomic E-state index is 0.660. The fraction of sp³-hybridized carbons (Fsp3) is 0.0952. The lowest BCUT2D eigenvalue weighted by atomic mass is 10.2. The van der Waals surface area contributed by atoms with Crippen molar-refractivity contribution in [2.75, 3.05) is 0 Å². The number of fused-ring (bicyclic) bond motifs is 2. The minimum Gasteiger partial charge on any atom is -0.472 e. The number of H-pyrrole nitrogens is 2. The first-order valence-electron chi connectivity index (χ1n) is 9.39. The normalized spacial score (nSPS) is 11.7. The summed E-state index contributed by atoms with van der Waals surface area (Å²) >= 11 is 0. The smallest absolute Gasteiger partial charge is 0.159 e. The number of aromatic amines is 2. The molecule has 2 N–H and O–H groups in total. The molecule has 0 atom stereocenters. The molecule has 0 spiro atoms. The van der Waals surface area contributed by atoms with Crippen LogP contribution in [0, 0.1) is 6.92 Å². The van der Waals surface area contributed by atoms with Crippen LogP contribution in [-0.4, -0.2) is 39.7 Å². The van der Waals surface area contributed by atoms with Crippen LogP contribution in [0.15, 0.2) is 53.7 Å². The molecule has 0 radical (unpaired) electrons. The zero-order chi connectivity index (χ0) is 20.2. The van der Waals surface area contributed by atoms with Gasteiger partial charge in [0.25, 0.3) is 0 Å². The van der Waals surface area contributed by atoms with E-state index in [-0.39, 0.29) is 0 Å². The molecule has 0 aliphatic carbocycles. The van der Waals surface area contributed by atoms with Crippen molar-refractivity contribution in [3.8, 4) is 34.2 Å². The van der Waals surface area contributed by atoms with E-state index in [1.807, 2.05) is 42.9 Å². The molecule has 9 heteroatoms. The van der Waals surface area contributed by atoms with Crippen LogP contribution in [0.3, 0.4) is 0 Å². The summed E-state index contributed by atoms with van der Waals surface area (Å²) in [5.41, 5.74) is 6.61. The van der Waals surface area contributed by atoms with E-state index in [0.717, 1.165) is 56.1 Å². The van der Waals surface area contributed by atoms with Crippen molar-refractivity contribution in [3.05, 3.63) is 55.1 Å². The van der Waals surface area contributed by atoms with E-state index >= 15 is 0 Å². The van der Waals surface area contributed by atoms with Crippen LogP contribution in [0.2, 0.25) is 0 Å². The van der Waals surface area contributed by atoms with Crippen LogP contribution < -0.4 is 0 Å². The highest BCUT2D eigenvalue weighted by molar-refractivity contribution is 5.96. The first kappa shape index (κ1) is 16.7. The Labute approximate surface area is 169 Å². The van der Waals surface area contributed by atoms with E-state index in [9.17, 15) is 0 Å². The standard InChI is InChI=1S/C21H16N8O/c1-11-23-9-17(29(11)2)15-7-13-16(8-24-15)27-28-19(13)21-25-14-3-5-22-18(20(14)26-21)12-4-6-30-10-12/h3-10H,1-2H3,(H,25,26)(H,27,28). The molecule has 0 saturated carbocycles. The van der Waals surface area contributed by atoms with Crippen LogP contribution >= 0.6 is 0 Å². The number of hydrogen-bond acceptors (Lipinski definition) is 6. The average Bonchev–Trinajstić information content (AvgIpc) is 3.54. The maximum Gasteiger partial charge on any atom is 0.159 e. The molecule has 6 heterocycles. The Hall–Kier alpha value is -4.27. The molecular formula is C21H16N8O. The van der Waals surface area contributed by atoms with Gasteiger partial charge in [-0.2, -0.15) is 5.10 Å². The van der Waals surface area contributed by atoms with E-state index in [2.05, 4.69) is 30.1 Å². The van der Waals surface area contributed by atoms with Crippen molar-refractivity contribution < 1.29 is 4.42 Å². The SMILES string of the molecule is Cc1ncc(-c2cc3c(-c4nc5c(-c6ccoc6)nccc5[nH]4)n[nH]c3cn2)n1C. The second-order valence-corrected chi connectivity index (χ2v) is 7.09. The summed E-state index contributed by atoms with van der Waals surface area (Å²) in [5.74, 6) is 1.59. The maximum absolute atomic E-state index is 5.21. The largest absolute Gasteiger partial charge is 0.472 e. The number of aromatic nitrogens is 8. The van der Waals surface area contributed by atoms with E-state index in [0.29, 0.717) is 5.82 Å². The molecule has 0 bridgehead atoms. The molecule has 30 heavy (non-hydrogen) atoms. The number of furan rings is 1. The topological polar surface area (TPSA) is 114 Å². The lowest BCUT2D eigenvalue weighted by Crippen LogP contribution is -1.95. The third kappa shape index (κ3) is 2.38. The number of imidazole rings is 2. The van der Waals surface area contributed by atoms with Gasteiger partial charge in [0.15, 0.2) is 5.82 Å². The van der Waals surface area contributed by atoms with Crippen molar-refractivity contribution >= 4 is 21.9 Å². The molecule has 0 aromatic carbocycles. The van der Waals surface area contributed by atoms with Gasteiger partial charge in [-0.25, -0.2) is 9.97 Å². The van der Waals surface area contributed by atoms with Crippen molar-refractivity contribution in [2.45, 2.75) is 6.92 Å². The number of nitrogens with one attached hydrogen (secondary N) is 2. The summed E-state index contributed by atoms with van der Waals surface area (Å²) < 4.78 is 7.22. The molecular weight excluding hydrogens is 380 g/mol.